The molecule has 0 radical (unpaired) electrons. The van der Waals surface area contributed by atoms with Crippen LogP contribution in [-0.2, 0) is 17.3 Å². The number of hydrogen-bond acceptors (Lipinski definition) is 7. The summed E-state index contributed by atoms with van der Waals surface area (Å²) in [4.78, 5) is 28.0. The Hall–Kier alpha value is -4.71. The van der Waals surface area contributed by atoms with Gasteiger partial charge >= 0.3 is 12.2 Å². The van der Waals surface area contributed by atoms with Crippen LogP contribution in [0.1, 0.15) is 23.9 Å². The van der Waals surface area contributed by atoms with E-state index in [1.807, 2.05) is 24.8 Å². The molecule has 2 N–H and O–H groups in total. The fourth-order valence-corrected chi connectivity index (χ4v) is 4.51. The first-order valence-electron chi connectivity index (χ1n) is 13.4. The highest BCUT2D eigenvalue weighted by Gasteiger charge is 2.32. The topological polar surface area (TPSA) is 102 Å². The summed E-state index contributed by atoms with van der Waals surface area (Å²) < 4.78 is 51.8. The first-order chi connectivity index (χ1) is 20.2. The minimum Gasteiger partial charge on any atom is -0.438 e. The van der Waals surface area contributed by atoms with Gasteiger partial charge in [0.25, 0.3) is 0 Å². The van der Waals surface area contributed by atoms with E-state index < -0.39 is 17.8 Å². The first kappa shape index (κ1) is 28.8. The fraction of sp³-hybridized carbons (Fsp3) is 0.267. The largest absolute Gasteiger partial charge is 0.438 e. The number of nitrogens with zero attached hydrogens (tertiary/aromatic N) is 4. The van der Waals surface area contributed by atoms with E-state index in [4.69, 9.17) is 9.47 Å². The molecule has 3 heterocycles. The van der Waals surface area contributed by atoms with Crippen LogP contribution in [0.4, 0.5) is 35.0 Å². The quantitative estimate of drug-likeness (QED) is 0.252. The van der Waals surface area contributed by atoms with Crippen LogP contribution in [-0.4, -0.2) is 47.3 Å². The zero-order valence-electron chi connectivity index (χ0n) is 23.0. The Morgan fingerprint density at radius 1 is 1.02 bits per heavy atom. The van der Waals surface area contributed by atoms with Crippen LogP contribution in [0.2, 0.25) is 0 Å². The summed E-state index contributed by atoms with van der Waals surface area (Å²) >= 11 is 0. The highest BCUT2D eigenvalue weighted by molar-refractivity contribution is 6.02. The van der Waals surface area contributed by atoms with E-state index in [0.29, 0.717) is 78.4 Å². The van der Waals surface area contributed by atoms with Gasteiger partial charge in [0.15, 0.2) is 0 Å². The van der Waals surface area contributed by atoms with Crippen molar-refractivity contribution in [3.05, 3.63) is 83.9 Å². The SMILES string of the molecule is CCc1nccc(-c2cccnc2Oc2ccc(NC(=O)Nc3cc(C(F)(F)F)ccc3N3CCOCC3)cc2C)n1. The van der Waals surface area contributed by atoms with E-state index in [2.05, 4.69) is 25.6 Å². The van der Waals surface area contributed by atoms with Crippen molar-refractivity contribution >= 4 is 23.1 Å². The summed E-state index contributed by atoms with van der Waals surface area (Å²) in [7, 11) is 0. The lowest BCUT2D eigenvalue weighted by molar-refractivity contribution is -0.137. The number of urea groups is 1. The van der Waals surface area contributed by atoms with Gasteiger partial charge in [0.1, 0.15) is 11.6 Å². The fourth-order valence-electron chi connectivity index (χ4n) is 4.51. The monoisotopic (exact) mass is 578 g/mol. The number of pyridine rings is 1. The molecule has 218 valence electrons. The highest BCUT2D eigenvalue weighted by Crippen LogP contribution is 2.36. The maximum absolute atomic E-state index is 13.4. The molecule has 12 heteroatoms. The first-order valence-corrected chi connectivity index (χ1v) is 13.4. The Morgan fingerprint density at radius 2 is 1.83 bits per heavy atom. The zero-order chi connectivity index (χ0) is 29.7. The van der Waals surface area contributed by atoms with Crippen LogP contribution < -0.4 is 20.3 Å². The van der Waals surface area contributed by atoms with Gasteiger partial charge < -0.3 is 25.0 Å². The predicted molar refractivity (Wildman–Crippen MR) is 153 cm³/mol. The van der Waals surface area contributed by atoms with Crippen molar-refractivity contribution in [1.29, 1.82) is 0 Å². The average molecular weight is 579 g/mol. The number of carbonyl (C=O) groups is 1. The van der Waals surface area contributed by atoms with E-state index in [-0.39, 0.29) is 5.69 Å². The van der Waals surface area contributed by atoms with Crippen LogP contribution in [0.3, 0.4) is 0 Å². The number of aryl methyl sites for hydroxylation is 2. The number of carbonyl (C=O) groups excluding carboxylic acids is 1. The highest BCUT2D eigenvalue weighted by atomic mass is 19.4. The lowest BCUT2D eigenvalue weighted by Crippen LogP contribution is -2.37. The van der Waals surface area contributed by atoms with Crippen molar-refractivity contribution in [2.24, 2.45) is 0 Å². The number of benzene rings is 2. The molecule has 2 aromatic carbocycles. The number of halogens is 3. The molecular weight excluding hydrogens is 549 g/mol. The number of anilines is 3. The molecule has 1 fully saturated rings. The molecule has 0 atom stereocenters. The van der Waals surface area contributed by atoms with E-state index in [1.165, 1.54) is 6.07 Å². The summed E-state index contributed by atoms with van der Waals surface area (Å²) in [6.07, 6.45) is -0.552. The van der Waals surface area contributed by atoms with Crippen LogP contribution in [0.5, 0.6) is 11.6 Å². The molecule has 0 unspecified atom stereocenters. The molecule has 1 aliphatic heterocycles. The number of morpholine rings is 1. The average Bonchev–Trinajstić information content (AvgIpc) is 2.99. The van der Waals surface area contributed by atoms with Crippen molar-refractivity contribution < 1.29 is 27.4 Å². The van der Waals surface area contributed by atoms with Crippen LogP contribution >= 0.6 is 0 Å². The molecule has 9 nitrogen and oxygen atoms in total. The number of ether oxygens (including phenoxy) is 2. The van der Waals surface area contributed by atoms with Crippen molar-refractivity contribution in [3.8, 4) is 22.9 Å². The number of amides is 2. The Balaban J connectivity index is 1.32. The third kappa shape index (κ3) is 6.77. The molecule has 1 aliphatic rings. The number of alkyl halides is 3. The Morgan fingerprint density at radius 3 is 2.57 bits per heavy atom. The van der Waals surface area contributed by atoms with E-state index >= 15 is 0 Å². The summed E-state index contributed by atoms with van der Waals surface area (Å²) in [5.74, 6) is 1.58. The maximum atomic E-state index is 13.4. The van der Waals surface area contributed by atoms with E-state index in [0.717, 1.165) is 12.1 Å². The van der Waals surface area contributed by atoms with Crippen LogP contribution in [0, 0.1) is 6.92 Å². The molecule has 0 bridgehead atoms. The molecule has 0 aliphatic carbocycles. The van der Waals surface area contributed by atoms with Gasteiger partial charge in [0.05, 0.1) is 41.4 Å². The lowest BCUT2D eigenvalue weighted by Gasteiger charge is -2.31. The van der Waals surface area contributed by atoms with Crippen LogP contribution in [0.25, 0.3) is 11.3 Å². The third-order valence-electron chi connectivity index (χ3n) is 6.63. The van der Waals surface area contributed by atoms with Gasteiger partial charge in [-0.1, -0.05) is 6.92 Å². The molecule has 0 saturated carbocycles. The zero-order valence-corrected chi connectivity index (χ0v) is 23.0. The number of aromatic nitrogens is 3. The second-order valence-electron chi connectivity index (χ2n) is 9.56. The molecule has 0 spiro atoms. The van der Waals surface area contributed by atoms with Crippen LogP contribution in [0.15, 0.2) is 67.0 Å². The molecule has 1 saturated heterocycles. The van der Waals surface area contributed by atoms with Gasteiger partial charge in [-0.05, 0) is 67.1 Å². The molecule has 2 amide bonds. The standard InChI is InChI=1S/C30H29F3N6O3/c1-3-27-34-12-10-23(37-27)22-5-4-11-35-28(22)42-26-9-7-21(17-19(26)2)36-29(40)38-24-18-20(30(31,32)33)6-8-25(24)39-13-15-41-16-14-39/h4-12,17-18H,3,13-16H2,1-2H3,(H2,36,38,40). The molecule has 42 heavy (non-hydrogen) atoms. The normalized spacial score (nSPS) is 13.5. The van der Waals surface area contributed by atoms with Crippen molar-refractivity contribution in [3.63, 3.8) is 0 Å². The summed E-state index contributed by atoms with van der Waals surface area (Å²) in [5, 5.41) is 5.29. The van der Waals surface area contributed by atoms with Gasteiger partial charge in [0.2, 0.25) is 5.88 Å². The molecular formula is C30H29F3N6O3. The Bertz CT molecular complexity index is 1570. The second kappa shape index (κ2) is 12.4. The molecule has 2 aromatic heterocycles. The third-order valence-corrected chi connectivity index (χ3v) is 6.63. The Kier molecular flexibility index (Phi) is 8.53. The van der Waals surface area contributed by atoms with Crippen molar-refractivity contribution in [1.82, 2.24) is 15.0 Å². The lowest BCUT2D eigenvalue weighted by atomic mass is 10.1. The summed E-state index contributed by atoms with van der Waals surface area (Å²) in [6, 6.07) is 13.1. The summed E-state index contributed by atoms with van der Waals surface area (Å²) in [5.41, 5.74) is 2.21. The maximum Gasteiger partial charge on any atom is 0.416 e. The smallest absolute Gasteiger partial charge is 0.416 e. The predicted octanol–water partition coefficient (Wildman–Crippen LogP) is 6.70. The van der Waals surface area contributed by atoms with Crippen molar-refractivity contribution in [2.75, 3.05) is 41.8 Å². The van der Waals surface area contributed by atoms with Gasteiger partial charge in [-0.3, -0.25) is 0 Å². The minimum atomic E-state index is -4.55. The molecule has 4 aromatic rings. The summed E-state index contributed by atoms with van der Waals surface area (Å²) in [6.45, 7) is 5.67. The van der Waals surface area contributed by atoms with Crippen molar-refractivity contribution in [2.45, 2.75) is 26.4 Å². The molecule has 5 rings (SSSR count). The van der Waals surface area contributed by atoms with Gasteiger partial charge in [-0.25, -0.2) is 19.7 Å². The number of hydrogen-bond donors (Lipinski definition) is 2. The second-order valence-corrected chi connectivity index (χ2v) is 9.56. The Labute approximate surface area is 240 Å². The van der Waals surface area contributed by atoms with Gasteiger partial charge in [-0.2, -0.15) is 13.2 Å². The number of rotatable bonds is 7. The van der Waals surface area contributed by atoms with Gasteiger partial charge in [0, 0.05) is 37.6 Å². The minimum absolute atomic E-state index is 0.0551. The van der Waals surface area contributed by atoms with E-state index in [1.54, 1.807) is 42.7 Å². The van der Waals surface area contributed by atoms with E-state index in [9.17, 15) is 18.0 Å². The number of nitrogens with one attached hydrogen (secondary N) is 2. The van der Waals surface area contributed by atoms with Gasteiger partial charge in [-0.15, -0.1) is 0 Å².